The Balaban J connectivity index is 0. The van der Waals surface area contributed by atoms with Crippen LogP contribution in [0, 0.1) is 0 Å². The molecule has 0 radical (unpaired) electrons. The normalized spacial score (nSPS) is 18.0. The first-order valence-corrected chi connectivity index (χ1v) is 2.41. The molecule has 2 N–H and O–H groups in total. The minimum absolute atomic E-state index is 0. The van der Waals surface area contributed by atoms with Crippen molar-refractivity contribution >= 4 is 0 Å². The summed E-state index contributed by atoms with van der Waals surface area (Å²) in [5.41, 5.74) is 0. The van der Waals surface area contributed by atoms with Crippen LogP contribution >= 0.6 is 0 Å². The van der Waals surface area contributed by atoms with E-state index in [2.05, 4.69) is 10.6 Å². The van der Waals surface area contributed by atoms with E-state index in [9.17, 15) is 0 Å². The molecular formula is C4H10N2Na2+2. The Morgan fingerprint density at radius 1 is 0.875 bits per heavy atom. The number of hydrogen-bond acceptors (Lipinski definition) is 2. The van der Waals surface area contributed by atoms with Crippen molar-refractivity contribution in [3.05, 3.63) is 0 Å². The van der Waals surface area contributed by atoms with Gasteiger partial charge in [-0.15, -0.1) is 0 Å². The van der Waals surface area contributed by atoms with Crippen molar-refractivity contribution in [3.8, 4) is 0 Å². The van der Waals surface area contributed by atoms with Gasteiger partial charge in [-0.2, -0.15) is 0 Å². The average molecular weight is 132 g/mol. The van der Waals surface area contributed by atoms with Gasteiger partial charge >= 0.3 is 59.1 Å². The number of nitrogens with one attached hydrogen (secondary N) is 2. The maximum atomic E-state index is 3.17. The van der Waals surface area contributed by atoms with Crippen molar-refractivity contribution in [3.63, 3.8) is 0 Å². The fraction of sp³-hybridized carbons (Fsp3) is 1.00. The van der Waals surface area contributed by atoms with Crippen LogP contribution in [0.2, 0.25) is 0 Å². The van der Waals surface area contributed by atoms with Gasteiger partial charge in [0.15, 0.2) is 0 Å². The van der Waals surface area contributed by atoms with E-state index in [0.717, 1.165) is 6.67 Å². The van der Waals surface area contributed by atoms with Gasteiger partial charge in [0.2, 0.25) is 0 Å². The van der Waals surface area contributed by atoms with Gasteiger partial charge in [0.1, 0.15) is 0 Å². The molecule has 0 atom stereocenters. The first-order valence-electron chi connectivity index (χ1n) is 2.41. The molecule has 4 heteroatoms. The first-order chi connectivity index (χ1) is 3.00. The fourth-order valence-corrected chi connectivity index (χ4v) is 0.604. The van der Waals surface area contributed by atoms with E-state index in [1.165, 1.54) is 19.5 Å². The Bertz CT molecular complexity index is 27.5. The summed E-state index contributed by atoms with van der Waals surface area (Å²) in [6.07, 6.45) is 1.28. The molecule has 1 aliphatic rings. The molecule has 0 aromatic rings. The van der Waals surface area contributed by atoms with Gasteiger partial charge in [0, 0.05) is 6.67 Å². The fourth-order valence-electron chi connectivity index (χ4n) is 0.604. The van der Waals surface area contributed by atoms with Crippen molar-refractivity contribution in [2.45, 2.75) is 6.42 Å². The van der Waals surface area contributed by atoms with E-state index in [-0.39, 0.29) is 59.1 Å². The Morgan fingerprint density at radius 2 is 1.38 bits per heavy atom. The Hall–Kier alpha value is 1.92. The van der Waals surface area contributed by atoms with Gasteiger partial charge < -0.3 is 10.6 Å². The Kier molecular flexibility index (Phi) is 14.0. The van der Waals surface area contributed by atoms with Crippen LogP contribution in [0.4, 0.5) is 0 Å². The van der Waals surface area contributed by atoms with Crippen LogP contribution in [0.15, 0.2) is 0 Å². The van der Waals surface area contributed by atoms with Crippen LogP contribution < -0.4 is 69.7 Å². The maximum absolute atomic E-state index is 3.17. The third-order valence-corrected chi connectivity index (χ3v) is 0.957. The molecule has 36 valence electrons. The molecule has 2 nitrogen and oxygen atoms in total. The monoisotopic (exact) mass is 132 g/mol. The molecule has 1 rings (SSSR count). The predicted octanol–water partition coefficient (Wildman–Crippen LogP) is -6.47. The molecule has 0 saturated carbocycles. The first kappa shape index (κ1) is 12.6. The van der Waals surface area contributed by atoms with E-state index in [1.54, 1.807) is 0 Å². The Morgan fingerprint density at radius 3 is 1.50 bits per heavy atom. The topological polar surface area (TPSA) is 24.1 Å². The molecule has 0 aliphatic carbocycles. The van der Waals surface area contributed by atoms with Gasteiger partial charge in [-0.3, -0.25) is 0 Å². The third-order valence-electron chi connectivity index (χ3n) is 0.957. The van der Waals surface area contributed by atoms with E-state index in [0.29, 0.717) is 0 Å². The molecular weight excluding hydrogens is 122 g/mol. The standard InChI is InChI=1S/C4H10N2.2Na/c1-2-5-4-6-3-1;;/h5-6H,1-4H2;;/q;2*+1. The van der Waals surface area contributed by atoms with Crippen LogP contribution in [0.25, 0.3) is 0 Å². The van der Waals surface area contributed by atoms with Crippen LogP contribution in [0.1, 0.15) is 6.42 Å². The van der Waals surface area contributed by atoms with Gasteiger partial charge in [-0.05, 0) is 19.5 Å². The molecule has 8 heavy (non-hydrogen) atoms. The zero-order valence-electron chi connectivity index (χ0n) is 5.83. The van der Waals surface area contributed by atoms with E-state index in [4.69, 9.17) is 0 Å². The molecule has 1 saturated heterocycles. The summed E-state index contributed by atoms with van der Waals surface area (Å²) in [4.78, 5) is 0. The molecule has 0 unspecified atom stereocenters. The summed E-state index contributed by atoms with van der Waals surface area (Å²) in [5, 5.41) is 6.35. The summed E-state index contributed by atoms with van der Waals surface area (Å²) in [6.45, 7) is 3.38. The summed E-state index contributed by atoms with van der Waals surface area (Å²) in [7, 11) is 0. The zero-order valence-corrected chi connectivity index (χ0v) is 9.83. The maximum Gasteiger partial charge on any atom is 1.00 e. The summed E-state index contributed by atoms with van der Waals surface area (Å²) < 4.78 is 0. The van der Waals surface area contributed by atoms with Crippen molar-refractivity contribution in [2.24, 2.45) is 0 Å². The summed E-state index contributed by atoms with van der Waals surface area (Å²) in [6, 6.07) is 0. The zero-order chi connectivity index (χ0) is 4.24. The van der Waals surface area contributed by atoms with Crippen LogP contribution in [-0.2, 0) is 0 Å². The quantitative estimate of drug-likeness (QED) is 0.320. The molecule has 1 fully saturated rings. The predicted molar refractivity (Wildman–Crippen MR) is 25.5 cm³/mol. The molecule has 0 bridgehead atoms. The number of rotatable bonds is 0. The van der Waals surface area contributed by atoms with Gasteiger partial charge in [0.05, 0.1) is 0 Å². The van der Waals surface area contributed by atoms with Crippen LogP contribution in [0.5, 0.6) is 0 Å². The molecule has 0 amide bonds. The third kappa shape index (κ3) is 6.05. The SMILES string of the molecule is C1CNCNC1.[Na+].[Na+]. The molecule has 1 aliphatic heterocycles. The molecule has 0 spiro atoms. The van der Waals surface area contributed by atoms with E-state index >= 15 is 0 Å². The van der Waals surface area contributed by atoms with Crippen molar-refractivity contribution < 1.29 is 59.1 Å². The van der Waals surface area contributed by atoms with Crippen molar-refractivity contribution in [2.75, 3.05) is 19.8 Å². The van der Waals surface area contributed by atoms with E-state index in [1.807, 2.05) is 0 Å². The van der Waals surface area contributed by atoms with Crippen molar-refractivity contribution in [1.82, 2.24) is 10.6 Å². The van der Waals surface area contributed by atoms with Crippen LogP contribution in [0.3, 0.4) is 0 Å². The minimum atomic E-state index is 0. The molecule has 1 heterocycles. The second kappa shape index (κ2) is 8.92. The summed E-state index contributed by atoms with van der Waals surface area (Å²) >= 11 is 0. The second-order valence-electron chi connectivity index (χ2n) is 1.53. The molecule has 0 aromatic carbocycles. The smallest absolute Gasteiger partial charge is 0.304 e. The number of hydrogen-bond donors (Lipinski definition) is 2. The average Bonchev–Trinajstić information content (AvgIpc) is 1.72. The van der Waals surface area contributed by atoms with Crippen LogP contribution in [-0.4, -0.2) is 19.8 Å². The van der Waals surface area contributed by atoms with Gasteiger partial charge in [-0.1, -0.05) is 0 Å². The largest absolute Gasteiger partial charge is 1.00 e. The van der Waals surface area contributed by atoms with Crippen molar-refractivity contribution in [1.29, 1.82) is 0 Å². The van der Waals surface area contributed by atoms with Gasteiger partial charge in [0.25, 0.3) is 0 Å². The van der Waals surface area contributed by atoms with E-state index < -0.39 is 0 Å². The molecule has 0 aromatic heterocycles. The minimum Gasteiger partial charge on any atom is -0.304 e. The Labute approximate surface area is 94.8 Å². The van der Waals surface area contributed by atoms with Gasteiger partial charge in [-0.25, -0.2) is 0 Å². The second-order valence-corrected chi connectivity index (χ2v) is 1.53. The summed E-state index contributed by atoms with van der Waals surface area (Å²) in [5.74, 6) is 0.